The van der Waals surface area contributed by atoms with Crippen LogP contribution in [0, 0.1) is 0 Å². The van der Waals surface area contributed by atoms with Crippen molar-refractivity contribution in [1.29, 1.82) is 0 Å². The van der Waals surface area contributed by atoms with Gasteiger partial charge in [0.05, 0.1) is 6.54 Å². The molecular weight excluding hydrogens is 431 g/mol. The van der Waals surface area contributed by atoms with Crippen LogP contribution in [-0.2, 0) is 9.59 Å². The Kier molecular flexibility index (Phi) is 12.4. The first-order valence-corrected chi connectivity index (χ1v) is 8.81. The Morgan fingerprint density at radius 1 is 1.03 bits per heavy atom. The number of halogens is 2. The molecule has 10 heteroatoms. The summed E-state index contributed by atoms with van der Waals surface area (Å²) in [5.41, 5.74) is 12.9. The summed E-state index contributed by atoms with van der Waals surface area (Å²) >= 11 is 0. The zero-order valence-electron chi connectivity index (χ0n) is 16.1. The molecule has 8 nitrogen and oxygen atoms in total. The van der Waals surface area contributed by atoms with Gasteiger partial charge in [-0.3, -0.25) is 14.4 Å². The van der Waals surface area contributed by atoms with Gasteiger partial charge in [-0.2, -0.15) is 0 Å². The van der Waals surface area contributed by atoms with E-state index in [2.05, 4.69) is 10.6 Å². The molecule has 2 amide bonds. The summed E-state index contributed by atoms with van der Waals surface area (Å²) in [5, 5.41) is 14.0. The summed E-state index contributed by atoms with van der Waals surface area (Å²) in [6, 6.07) is 16.5. The summed E-state index contributed by atoms with van der Waals surface area (Å²) in [7, 11) is 0. The Labute approximate surface area is 187 Å². The summed E-state index contributed by atoms with van der Waals surface area (Å²) in [6.07, 6.45) is 0.418. The molecule has 1 aliphatic heterocycles. The minimum atomic E-state index is -0.885. The van der Waals surface area contributed by atoms with Crippen molar-refractivity contribution < 1.29 is 19.5 Å². The molecule has 2 atom stereocenters. The van der Waals surface area contributed by atoms with E-state index in [0.717, 1.165) is 11.1 Å². The molecule has 0 bridgehead atoms. The number of nitrogens with two attached hydrogens (primary N) is 2. The number of nitrogens with one attached hydrogen (secondary N) is 2. The Morgan fingerprint density at radius 3 is 2.20 bits per heavy atom. The number of carboxylic acids is 1. The van der Waals surface area contributed by atoms with Crippen molar-refractivity contribution in [3.05, 3.63) is 60.2 Å². The van der Waals surface area contributed by atoms with Crippen molar-refractivity contribution in [3.63, 3.8) is 0 Å². The lowest BCUT2D eigenvalue weighted by Crippen LogP contribution is -2.39. The van der Waals surface area contributed by atoms with E-state index < -0.39 is 17.9 Å². The maximum atomic E-state index is 11.0. The third-order valence-corrected chi connectivity index (χ3v) is 4.23. The predicted octanol–water partition coefficient (Wildman–Crippen LogP) is 1.17. The molecule has 3 rings (SSSR count). The first-order valence-electron chi connectivity index (χ1n) is 8.81. The lowest BCUT2D eigenvalue weighted by atomic mass is 10.0. The first kappa shape index (κ1) is 27.4. The number of carbonyl (C=O) groups is 3. The highest BCUT2D eigenvalue weighted by Gasteiger charge is 2.29. The number of aliphatic carboxylic acids is 1. The monoisotopic (exact) mass is 456 g/mol. The fourth-order valence-electron chi connectivity index (χ4n) is 2.80. The van der Waals surface area contributed by atoms with Crippen LogP contribution in [0.4, 0.5) is 0 Å². The average Bonchev–Trinajstić information content (AvgIpc) is 3.18. The topological polar surface area (TPSA) is 148 Å². The number of amides is 2. The van der Waals surface area contributed by atoms with Gasteiger partial charge in [-0.05, 0) is 29.7 Å². The molecule has 0 spiro atoms. The number of hydrogen-bond donors (Lipinski definition) is 5. The number of primary amides is 1. The lowest BCUT2D eigenvalue weighted by molar-refractivity contribution is -0.139. The van der Waals surface area contributed by atoms with E-state index in [0.29, 0.717) is 18.5 Å². The zero-order valence-corrected chi connectivity index (χ0v) is 17.7. The fraction of sp³-hybridized carbons (Fsp3) is 0.250. The molecule has 2 aromatic rings. The van der Waals surface area contributed by atoms with Gasteiger partial charge in [0.25, 0.3) is 0 Å². The number of carboxylic acid groups (broad SMARTS) is 1. The summed E-state index contributed by atoms with van der Waals surface area (Å²) in [6.45, 7) is 0.428. The average molecular weight is 457 g/mol. The predicted molar refractivity (Wildman–Crippen MR) is 120 cm³/mol. The lowest BCUT2D eigenvalue weighted by Gasteiger charge is -2.09. The molecule has 1 saturated heterocycles. The van der Waals surface area contributed by atoms with Crippen LogP contribution in [0.15, 0.2) is 54.6 Å². The van der Waals surface area contributed by atoms with Gasteiger partial charge in [-0.1, -0.05) is 42.5 Å². The standard InChI is InChI=1S/C13H11NO.C7H13N3O3.2ClH/c14-13(15)12-8-4-7-11(9-12)10-5-2-1-3-6-10;8-2-6(11)10-4-1-5(7(12)13)9-3-4;;/h1-9H,(H2,14,15);4-5,9H,1-3,8H2,(H,10,11)(H,12,13);2*1H/t;4-,5+;;/m.1../s1. The smallest absolute Gasteiger partial charge is 0.320 e. The Hall–Kier alpha value is -2.65. The van der Waals surface area contributed by atoms with E-state index in [1.807, 2.05) is 42.5 Å². The molecule has 1 fully saturated rings. The van der Waals surface area contributed by atoms with E-state index in [1.165, 1.54) is 0 Å². The van der Waals surface area contributed by atoms with Gasteiger partial charge in [0, 0.05) is 18.2 Å². The van der Waals surface area contributed by atoms with Crippen LogP contribution in [0.25, 0.3) is 11.1 Å². The van der Waals surface area contributed by atoms with Crippen molar-refractivity contribution in [2.24, 2.45) is 11.5 Å². The molecule has 0 unspecified atom stereocenters. The molecular formula is C20H26Cl2N4O4. The van der Waals surface area contributed by atoms with E-state index in [9.17, 15) is 14.4 Å². The van der Waals surface area contributed by atoms with Crippen molar-refractivity contribution in [2.45, 2.75) is 18.5 Å². The highest BCUT2D eigenvalue weighted by atomic mass is 35.5. The van der Waals surface area contributed by atoms with Crippen LogP contribution >= 0.6 is 24.8 Å². The molecule has 2 aromatic carbocycles. The van der Waals surface area contributed by atoms with Gasteiger partial charge in [0.15, 0.2) is 0 Å². The summed E-state index contributed by atoms with van der Waals surface area (Å²) in [4.78, 5) is 32.3. The van der Waals surface area contributed by atoms with Gasteiger partial charge >= 0.3 is 5.97 Å². The van der Waals surface area contributed by atoms with Crippen LogP contribution in [0.3, 0.4) is 0 Å². The molecule has 0 aliphatic carbocycles. The second-order valence-corrected chi connectivity index (χ2v) is 6.31. The quantitative estimate of drug-likeness (QED) is 0.455. The SMILES string of the molecule is Cl.Cl.NC(=O)c1cccc(-c2ccccc2)c1.NCC(=O)N[C@H]1CN[C@H](C(=O)O)C1. The summed E-state index contributed by atoms with van der Waals surface area (Å²) < 4.78 is 0. The Bertz CT molecular complexity index is 837. The second-order valence-electron chi connectivity index (χ2n) is 6.31. The third kappa shape index (κ3) is 8.38. The number of carbonyl (C=O) groups excluding carboxylic acids is 2. The van der Waals surface area contributed by atoms with E-state index in [-0.39, 0.29) is 43.3 Å². The number of hydrogen-bond acceptors (Lipinski definition) is 5. The molecule has 1 heterocycles. The van der Waals surface area contributed by atoms with Crippen LogP contribution in [0.5, 0.6) is 0 Å². The van der Waals surface area contributed by atoms with Gasteiger partial charge in [0.1, 0.15) is 6.04 Å². The van der Waals surface area contributed by atoms with Crippen LogP contribution in [0.1, 0.15) is 16.8 Å². The minimum absolute atomic E-state index is 0. The Morgan fingerprint density at radius 2 is 1.67 bits per heavy atom. The maximum absolute atomic E-state index is 11.0. The van der Waals surface area contributed by atoms with Gasteiger partial charge in [0.2, 0.25) is 11.8 Å². The van der Waals surface area contributed by atoms with Crippen LogP contribution in [-0.4, -0.2) is 48.1 Å². The highest BCUT2D eigenvalue weighted by Crippen LogP contribution is 2.19. The maximum Gasteiger partial charge on any atom is 0.320 e. The highest BCUT2D eigenvalue weighted by molar-refractivity contribution is 5.94. The van der Waals surface area contributed by atoms with E-state index in [4.69, 9.17) is 16.6 Å². The summed E-state index contributed by atoms with van der Waals surface area (Å²) in [5.74, 6) is -1.53. The molecule has 1 aliphatic rings. The molecule has 0 aromatic heterocycles. The van der Waals surface area contributed by atoms with Crippen molar-refractivity contribution in [2.75, 3.05) is 13.1 Å². The fourth-order valence-corrected chi connectivity index (χ4v) is 2.80. The zero-order chi connectivity index (χ0) is 20.5. The normalized spacial score (nSPS) is 16.7. The van der Waals surface area contributed by atoms with Gasteiger partial charge in [-0.15, -0.1) is 24.8 Å². The van der Waals surface area contributed by atoms with Crippen LogP contribution < -0.4 is 22.1 Å². The van der Waals surface area contributed by atoms with Gasteiger partial charge < -0.3 is 27.2 Å². The van der Waals surface area contributed by atoms with Crippen LogP contribution in [0.2, 0.25) is 0 Å². The van der Waals surface area contributed by atoms with Gasteiger partial charge in [-0.25, -0.2) is 0 Å². The molecule has 30 heavy (non-hydrogen) atoms. The van der Waals surface area contributed by atoms with E-state index in [1.54, 1.807) is 12.1 Å². The number of rotatable bonds is 5. The number of benzene rings is 2. The molecule has 164 valence electrons. The van der Waals surface area contributed by atoms with Crippen molar-refractivity contribution in [3.8, 4) is 11.1 Å². The molecule has 7 N–H and O–H groups in total. The van der Waals surface area contributed by atoms with E-state index >= 15 is 0 Å². The second kappa shape index (κ2) is 13.6. The van der Waals surface area contributed by atoms with Crippen molar-refractivity contribution >= 4 is 42.6 Å². The van der Waals surface area contributed by atoms with Crippen molar-refractivity contribution in [1.82, 2.24) is 10.6 Å². The molecule has 0 saturated carbocycles. The Balaban J connectivity index is 0.000000531. The largest absolute Gasteiger partial charge is 0.480 e. The minimum Gasteiger partial charge on any atom is -0.480 e. The first-order chi connectivity index (χ1) is 13.4. The third-order valence-electron chi connectivity index (χ3n) is 4.23. The molecule has 0 radical (unpaired) electrons.